The molecule has 0 saturated carbocycles. The van der Waals surface area contributed by atoms with Gasteiger partial charge in [-0.25, -0.2) is 9.78 Å². The predicted octanol–water partition coefficient (Wildman–Crippen LogP) is 5.09. The van der Waals surface area contributed by atoms with Crippen LogP contribution in [0.4, 0.5) is 10.5 Å². The normalized spacial score (nSPS) is 13.7. The lowest BCUT2D eigenvalue weighted by Crippen LogP contribution is -2.35. The van der Waals surface area contributed by atoms with E-state index in [1.165, 1.54) is 0 Å². The van der Waals surface area contributed by atoms with Gasteiger partial charge in [-0.1, -0.05) is 6.07 Å². The molecular weight excluding hydrogens is 422 g/mol. The van der Waals surface area contributed by atoms with E-state index in [9.17, 15) is 4.79 Å². The van der Waals surface area contributed by atoms with Crippen LogP contribution in [0.25, 0.3) is 16.7 Å². The number of benzene rings is 2. The number of nitrogens with zero attached hydrogens (tertiary/aromatic N) is 3. The van der Waals surface area contributed by atoms with E-state index in [1.54, 1.807) is 18.3 Å². The summed E-state index contributed by atoms with van der Waals surface area (Å²) in [7, 11) is 1.63. The van der Waals surface area contributed by atoms with Crippen molar-refractivity contribution in [3.05, 3.63) is 46.7 Å². The van der Waals surface area contributed by atoms with Crippen LogP contribution in [-0.2, 0) is 11.2 Å². The Balaban J connectivity index is 1.74. The van der Waals surface area contributed by atoms with Crippen LogP contribution in [-0.4, -0.2) is 34.9 Å². The van der Waals surface area contributed by atoms with Gasteiger partial charge < -0.3 is 9.47 Å². The second kappa shape index (κ2) is 6.81. The van der Waals surface area contributed by atoms with Crippen LogP contribution in [0.1, 0.15) is 26.3 Å². The lowest BCUT2D eigenvalue weighted by atomic mass is 10.1. The quantitative estimate of drug-likeness (QED) is 0.552. The highest BCUT2D eigenvalue weighted by molar-refractivity contribution is 9.10. The average Bonchev–Trinajstić information content (AvgIpc) is 3.22. The summed E-state index contributed by atoms with van der Waals surface area (Å²) in [6.45, 7) is 6.26. The molecule has 1 aromatic heterocycles. The van der Waals surface area contributed by atoms with E-state index in [1.807, 2.05) is 43.5 Å². The van der Waals surface area contributed by atoms with Crippen molar-refractivity contribution in [1.29, 1.82) is 0 Å². The van der Waals surface area contributed by atoms with E-state index in [0.717, 1.165) is 44.6 Å². The Morgan fingerprint density at radius 3 is 2.71 bits per heavy atom. The Hall–Kier alpha value is -2.54. The molecule has 0 aliphatic carbocycles. The largest absolute Gasteiger partial charge is 0.495 e. The molecule has 0 spiro atoms. The zero-order valence-corrected chi connectivity index (χ0v) is 17.9. The topological polar surface area (TPSA) is 56.6 Å². The lowest BCUT2D eigenvalue weighted by molar-refractivity contribution is 0.0584. The first-order chi connectivity index (χ1) is 13.3. The van der Waals surface area contributed by atoms with Gasteiger partial charge in [-0.05, 0) is 66.9 Å². The molecule has 0 fully saturated rings. The lowest BCUT2D eigenvalue weighted by Gasteiger charge is -2.25. The average molecular weight is 444 g/mol. The molecule has 0 unspecified atom stereocenters. The highest BCUT2D eigenvalue weighted by Crippen LogP contribution is 2.34. The molecular formula is C21H22BrN3O3. The molecule has 1 aliphatic rings. The highest BCUT2D eigenvalue weighted by Gasteiger charge is 2.29. The van der Waals surface area contributed by atoms with E-state index in [4.69, 9.17) is 9.47 Å². The van der Waals surface area contributed by atoms with Crippen molar-refractivity contribution in [2.45, 2.75) is 32.8 Å². The van der Waals surface area contributed by atoms with Gasteiger partial charge in [-0.2, -0.15) is 0 Å². The number of methoxy groups -OCH3 is 1. The van der Waals surface area contributed by atoms with Gasteiger partial charge in [0.1, 0.15) is 17.7 Å². The summed E-state index contributed by atoms with van der Waals surface area (Å²) in [4.78, 5) is 18.8. The minimum atomic E-state index is -0.524. The number of imidazole rings is 1. The molecule has 0 atom stereocenters. The fourth-order valence-electron chi connectivity index (χ4n) is 3.40. The molecule has 1 aliphatic heterocycles. The molecule has 3 aromatic rings. The van der Waals surface area contributed by atoms with Crippen LogP contribution >= 0.6 is 15.9 Å². The second-order valence-corrected chi connectivity index (χ2v) is 8.64. The monoisotopic (exact) mass is 443 g/mol. The summed E-state index contributed by atoms with van der Waals surface area (Å²) < 4.78 is 13.8. The number of hydrogen-bond acceptors (Lipinski definition) is 4. The molecule has 0 bridgehead atoms. The standard InChI is InChI=1S/C21H22BrN3O3/c1-21(2,3)28-20(26)24-8-7-13-5-6-14(9-17(13)24)25-12-23-16-11-19(27-4)15(22)10-18(16)25/h5-6,9-12H,7-8H2,1-4H3. The first-order valence-corrected chi connectivity index (χ1v) is 9.90. The number of fused-ring (bicyclic) bond motifs is 2. The smallest absolute Gasteiger partial charge is 0.414 e. The predicted molar refractivity (Wildman–Crippen MR) is 113 cm³/mol. The van der Waals surface area contributed by atoms with Crippen LogP contribution in [0.15, 0.2) is 41.1 Å². The summed E-state index contributed by atoms with van der Waals surface area (Å²) >= 11 is 3.54. The number of carbonyl (C=O) groups is 1. The van der Waals surface area contributed by atoms with E-state index in [-0.39, 0.29) is 6.09 Å². The van der Waals surface area contributed by atoms with Gasteiger partial charge in [0, 0.05) is 18.3 Å². The van der Waals surface area contributed by atoms with Crippen molar-refractivity contribution in [2.24, 2.45) is 0 Å². The Labute approximate surface area is 172 Å². The zero-order valence-electron chi connectivity index (χ0n) is 16.3. The van der Waals surface area contributed by atoms with E-state index in [0.29, 0.717) is 6.54 Å². The van der Waals surface area contributed by atoms with Crippen LogP contribution in [0.5, 0.6) is 5.75 Å². The molecule has 0 N–H and O–H groups in total. The highest BCUT2D eigenvalue weighted by atomic mass is 79.9. The van der Waals surface area contributed by atoms with Crippen LogP contribution in [0.2, 0.25) is 0 Å². The number of halogens is 1. The third-order valence-electron chi connectivity index (χ3n) is 4.68. The van der Waals surface area contributed by atoms with Gasteiger partial charge in [0.05, 0.1) is 28.3 Å². The first-order valence-electron chi connectivity index (χ1n) is 9.11. The van der Waals surface area contributed by atoms with Crippen molar-refractivity contribution in [1.82, 2.24) is 9.55 Å². The molecule has 0 radical (unpaired) electrons. The minimum Gasteiger partial charge on any atom is -0.495 e. The van der Waals surface area contributed by atoms with E-state index >= 15 is 0 Å². The Morgan fingerprint density at radius 2 is 2.00 bits per heavy atom. The minimum absolute atomic E-state index is 0.314. The molecule has 2 heterocycles. The maximum absolute atomic E-state index is 12.6. The summed E-state index contributed by atoms with van der Waals surface area (Å²) in [5.74, 6) is 0.739. The van der Waals surface area contributed by atoms with Crippen molar-refractivity contribution < 1.29 is 14.3 Å². The summed E-state index contributed by atoms with van der Waals surface area (Å²) in [5, 5.41) is 0. The van der Waals surface area contributed by atoms with Gasteiger partial charge in [-0.15, -0.1) is 0 Å². The van der Waals surface area contributed by atoms with Gasteiger partial charge in [-0.3, -0.25) is 9.47 Å². The summed E-state index contributed by atoms with van der Waals surface area (Å²) in [5.41, 5.74) is 4.24. The van der Waals surface area contributed by atoms with Crippen LogP contribution in [0, 0.1) is 0 Å². The molecule has 1 amide bonds. The number of rotatable bonds is 2. The maximum atomic E-state index is 12.6. The van der Waals surface area contributed by atoms with Crippen molar-refractivity contribution in [3.63, 3.8) is 0 Å². The van der Waals surface area contributed by atoms with Crippen molar-refractivity contribution in [2.75, 3.05) is 18.6 Å². The van der Waals surface area contributed by atoms with Crippen molar-refractivity contribution >= 4 is 38.7 Å². The molecule has 28 heavy (non-hydrogen) atoms. The number of hydrogen-bond donors (Lipinski definition) is 0. The van der Waals surface area contributed by atoms with Gasteiger partial charge in [0.25, 0.3) is 0 Å². The molecule has 4 rings (SSSR count). The zero-order chi connectivity index (χ0) is 20.1. The summed E-state index contributed by atoms with van der Waals surface area (Å²) in [6, 6.07) is 10.0. The van der Waals surface area contributed by atoms with E-state index in [2.05, 4.69) is 33.0 Å². The second-order valence-electron chi connectivity index (χ2n) is 7.79. The maximum Gasteiger partial charge on any atom is 0.414 e. The van der Waals surface area contributed by atoms with Crippen LogP contribution < -0.4 is 9.64 Å². The first kappa shape index (κ1) is 18.8. The fraction of sp³-hybridized carbons (Fsp3) is 0.333. The Morgan fingerprint density at radius 1 is 1.21 bits per heavy atom. The number of carbonyl (C=O) groups excluding carboxylic acids is 1. The molecule has 7 heteroatoms. The molecule has 146 valence electrons. The summed E-state index contributed by atoms with van der Waals surface area (Å²) in [6.07, 6.45) is 2.29. The van der Waals surface area contributed by atoms with E-state index < -0.39 is 5.60 Å². The number of anilines is 1. The Bertz CT molecular complexity index is 1070. The number of aromatic nitrogens is 2. The number of ether oxygens (including phenoxy) is 2. The Kier molecular flexibility index (Phi) is 4.57. The molecule has 6 nitrogen and oxygen atoms in total. The van der Waals surface area contributed by atoms with Gasteiger partial charge in [0.15, 0.2) is 0 Å². The fourth-order valence-corrected chi connectivity index (χ4v) is 3.89. The van der Waals surface area contributed by atoms with Crippen LogP contribution in [0.3, 0.4) is 0 Å². The number of amides is 1. The van der Waals surface area contributed by atoms with Gasteiger partial charge in [0.2, 0.25) is 0 Å². The van der Waals surface area contributed by atoms with Gasteiger partial charge >= 0.3 is 6.09 Å². The third-order valence-corrected chi connectivity index (χ3v) is 5.30. The molecule has 0 saturated heterocycles. The third kappa shape index (κ3) is 3.35. The molecule has 2 aromatic carbocycles. The SMILES string of the molecule is COc1cc2ncn(-c3ccc4c(c3)N(C(=O)OC(C)(C)C)CC4)c2cc1Br. The van der Waals surface area contributed by atoms with Crippen molar-refractivity contribution in [3.8, 4) is 11.4 Å².